The summed E-state index contributed by atoms with van der Waals surface area (Å²) in [6.07, 6.45) is 0. The van der Waals surface area contributed by atoms with Crippen molar-refractivity contribution in [2.75, 3.05) is 39.4 Å². The summed E-state index contributed by atoms with van der Waals surface area (Å²) in [5, 5.41) is 2.86. The van der Waals surface area contributed by atoms with Crippen LogP contribution in [0.2, 0.25) is 0 Å². The Bertz CT molecular complexity index is 645. The molecule has 0 bridgehead atoms. The summed E-state index contributed by atoms with van der Waals surface area (Å²) in [6, 6.07) is 20.0. The van der Waals surface area contributed by atoms with Crippen LogP contribution in [0.25, 0.3) is 0 Å². The van der Waals surface area contributed by atoms with Gasteiger partial charge in [0.25, 0.3) is 0 Å². The number of rotatable bonds is 7. The quantitative estimate of drug-likeness (QED) is 0.775. The van der Waals surface area contributed by atoms with E-state index in [0.717, 1.165) is 43.3 Å². The summed E-state index contributed by atoms with van der Waals surface area (Å²) in [5.41, 5.74) is 1.03. The summed E-state index contributed by atoms with van der Waals surface area (Å²) < 4.78 is 5.36. The first-order valence-electron chi connectivity index (χ1n) is 8.67. The molecule has 1 fully saturated rings. The number of amides is 1. The lowest BCUT2D eigenvalue weighted by molar-refractivity contribution is -0.120. The highest BCUT2D eigenvalue weighted by atomic mass is 32.2. The Labute approximate surface area is 153 Å². The molecule has 25 heavy (non-hydrogen) atoms. The van der Waals surface area contributed by atoms with Gasteiger partial charge in [-0.05, 0) is 17.7 Å². The smallest absolute Gasteiger partial charge is 0.238 e. The fourth-order valence-corrected chi connectivity index (χ4v) is 3.86. The Morgan fingerprint density at radius 1 is 1.04 bits per heavy atom. The highest BCUT2D eigenvalue weighted by Gasteiger charge is 2.22. The topological polar surface area (TPSA) is 41.6 Å². The summed E-state index contributed by atoms with van der Waals surface area (Å²) in [5.74, 6) is 0.0633. The maximum atomic E-state index is 12.8. The molecule has 5 heteroatoms. The number of carbonyl (C=O) groups excluding carboxylic acids is 1. The van der Waals surface area contributed by atoms with Crippen molar-refractivity contribution in [2.45, 2.75) is 10.1 Å². The molecule has 1 amide bonds. The van der Waals surface area contributed by atoms with E-state index in [1.807, 2.05) is 60.7 Å². The molecule has 2 aromatic carbocycles. The van der Waals surface area contributed by atoms with E-state index in [9.17, 15) is 4.79 Å². The predicted octanol–water partition coefficient (Wildman–Crippen LogP) is 2.97. The SMILES string of the molecule is O=C(NCCN1CCOCC1)C(Sc1ccccc1)c1ccccc1. The van der Waals surface area contributed by atoms with Crippen molar-refractivity contribution in [1.82, 2.24) is 10.2 Å². The number of hydrogen-bond donors (Lipinski definition) is 1. The Hall–Kier alpha value is -1.82. The molecule has 1 aliphatic heterocycles. The minimum Gasteiger partial charge on any atom is -0.379 e. The maximum absolute atomic E-state index is 12.8. The van der Waals surface area contributed by atoms with Crippen molar-refractivity contribution in [1.29, 1.82) is 0 Å². The number of thioether (sulfide) groups is 1. The van der Waals surface area contributed by atoms with Crippen LogP contribution in [-0.2, 0) is 9.53 Å². The van der Waals surface area contributed by atoms with Crippen LogP contribution in [0.4, 0.5) is 0 Å². The van der Waals surface area contributed by atoms with Crippen LogP contribution in [0.3, 0.4) is 0 Å². The van der Waals surface area contributed by atoms with Crippen molar-refractivity contribution in [3.8, 4) is 0 Å². The van der Waals surface area contributed by atoms with Gasteiger partial charge in [0.1, 0.15) is 5.25 Å². The number of nitrogens with one attached hydrogen (secondary N) is 1. The molecular weight excluding hydrogens is 332 g/mol. The van der Waals surface area contributed by atoms with Gasteiger partial charge in [-0.1, -0.05) is 48.5 Å². The first kappa shape index (κ1) is 18.0. The fourth-order valence-electron chi connectivity index (χ4n) is 2.79. The van der Waals surface area contributed by atoms with Gasteiger partial charge in [-0.15, -0.1) is 11.8 Å². The first-order valence-corrected chi connectivity index (χ1v) is 9.55. The second kappa shape index (κ2) is 9.61. The van der Waals surface area contributed by atoms with Crippen LogP contribution < -0.4 is 5.32 Å². The molecule has 1 heterocycles. The Balaban J connectivity index is 1.60. The third-order valence-corrected chi connectivity index (χ3v) is 5.43. The summed E-state index contributed by atoms with van der Waals surface area (Å²) in [6.45, 7) is 4.98. The van der Waals surface area contributed by atoms with Gasteiger partial charge in [-0.3, -0.25) is 9.69 Å². The minimum absolute atomic E-state index is 0.0633. The van der Waals surface area contributed by atoms with Crippen LogP contribution in [0.15, 0.2) is 65.6 Å². The van der Waals surface area contributed by atoms with Crippen LogP contribution in [0.5, 0.6) is 0 Å². The molecule has 1 aliphatic rings. The number of hydrogen-bond acceptors (Lipinski definition) is 4. The van der Waals surface area contributed by atoms with Gasteiger partial charge < -0.3 is 10.1 Å². The zero-order chi connectivity index (χ0) is 17.3. The van der Waals surface area contributed by atoms with Gasteiger partial charge in [-0.2, -0.15) is 0 Å². The highest BCUT2D eigenvalue weighted by Crippen LogP contribution is 2.35. The zero-order valence-corrected chi connectivity index (χ0v) is 15.1. The van der Waals surface area contributed by atoms with Crippen LogP contribution in [0.1, 0.15) is 10.8 Å². The number of nitrogens with zero attached hydrogens (tertiary/aromatic N) is 1. The largest absolute Gasteiger partial charge is 0.379 e. The van der Waals surface area contributed by atoms with Gasteiger partial charge in [-0.25, -0.2) is 0 Å². The molecule has 132 valence electrons. The van der Waals surface area contributed by atoms with Gasteiger partial charge in [0.2, 0.25) is 5.91 Å². The molecule has 1 unspecified atom stereocenters. The normalized spacial score (nSPS) is 16.3. The third-order valence-electron chi connectivity index (χ3n) is 4.17. The zero-order valence-electron chi connectivity index (χ0n) is 14.3. The van der Waals surface area contributed by atoms with E-state index in [1.165, 1.54) is 0 Å². The summed E-state index contributed by atoms with van der Waals surface area (Å²) in [7, 11) is 0. The second-order valence-electron chi connectivity index (χ2n) is 5.97. The Morgan fingerprint density at radius 2 is 1.68 bits per heavy atom. The number of benzene rings is 2. The lowest BCUT2D eigenvalue weighted by Gasteiger charge is -2.26. The maximum Gasteiger partial charge on any atom is 0.238 e. The molecule has 1 N–H and O–H groups in total. The standard InChI is InChI=1S/C20H24N2O2S/c23-20(21-11-12-22-13-15-24-16-14-22)19(17-7-3-1-4-8-17)25-18-9-5-2-6-10-18/h1-10,19H,11-16H2,(H,21,23). The third kappa shape index (κ3) is 5.59. The second-order valence-corrected chi connectivity index (χ2v) is 7.15. The Morgan fingerprint density at radius 3 is 2.36 bits per heavy atom. The minimum atomic E-state index is -0.242. The van der Waals surface area contributed by atoms with Crippen molar-refractivity contribution in [3.05, 3.63) is 66.2 Å². The average molecular weight is 356 g/mol. The van der Waals surface area contributed by atoms with E-state index in [1.54, 1.807) is 11.8 Å². The summed E-state index contributed by atoms with van der Waals surface area (Å²) in [4.78, 5) is 16.2. The monoisotopic (exact) mass is 356 g/mol. The predicted molar refractivity (Wildman–Crippen MR) is 102 cm³/mol. The van der Waals surface area contributed by atoms with E-state index < -0.39 is 0 Å². The number of ether oxygens (including phenoxy) is 1. The van der Waals surface area contributed by atoms with Crippen molar-refractivity contribution in [3.63, 3.8) is 0 Å². The molecule has 2 aromatic rings. The molecule has 1 saturated heterocycles. The van der Waals surface area contributed by atoms with E-state index >= 15 is 0 Å². The number of morpholine rings is 1. The molecular formula is C20H24N2O2S. The first-order chi connectivity index (χ1) is 12.3. The van der Waals surface area contributed by atoms with Gasteiger partial charge in [0.05, 0.1) is 13.2 Å². The van der Waals surface area contributed by atoms with Gasteiger partial charge in [0.15, 0.2) is 0 Å². The molecule has 4 nitrogen and oxygen atoms in total. The van der Waals surface area contributed by atoms with E-state index in [4.69, 9.17) is 4.74 Å². The average Bonchev–Trinajstić information content (AvgIpc) is 2.68. The lowest BCUT2D eigenvalue weighted by atomic mass is 10.1. The fraction of sp³-hybridized carbons (Fsp3) is 0.350. The van der Waals surface area contributed by atoms with E-state index in [-0.39, 0.29) is 11.2 Å². The van der Waals surface area contributed by atoms with Crippen molar-refractivity contribution >= 4 is 17.7 Å². The van der Waals surface area contributed by atoms with E-state index in [2.05, 4.69) is 10.2 Å². The molecule has 3 rings (SSSR count). The van der Waals surface area contributed by atoms with Crippen LogP contribution >= 0.6 is 11.8 Å². The number of carbonyl (C=O) groups is 1. The van der Waals surface area contributed by atoms with E-state index in [0.29, 0.717) is 6.54 Å². The van der Waals surface area contributed by atoms with Gasteiger partial charge in [0, 0.05) is 31.1 Å². The molecule has 1 atom stereocenters. The molecule has 0 saturated carbocycles. The molecule has 0 aliphatic carbocycles. The summed E-state index contributed by atoms with van der Waals surface area (Å²) >= 11 is 1.59. The van der Waals surface area contributed by atoms with Crippen LogP contribution in [-0.4, -0.2) is 50.2 Å². The van der Waals surface area contributed by atoms with Crippen LogP contribution in [0, 0.1) is 0 Å². The van der Waals surface area contributed by atoms with Crippen molar-refractivity contribution in [2.24, 2.45) is 0 Å². The molecule has 0 spiro atoms. The molecule has 0 aromatic heterocycles. The lowest BCUT2D eigenvalue weighted by Crippen LogP contribution is -2.42. The Kier molecular flexibility index (Phi) is 6.91. The highest BCUT2D eigenvalue weighted by molar-refractivity contribution is 8.00. The van der Waals surface area contributed by atoms with Gasteiger partial charge >= 0.3 is 0 Å². The van der Waals surface area contributed by atoms with Crippen molar-refractivity contribution < 1.29 is 9.53 Å². The molecule has 0 radical (unpaired) electrons.